The number of hydrogen-bond acceptors (Lipinski definition) is 2. The fraction of sp³-hybridized carbons (Fsp3) is 0.562. The number of amides is 1. The van der Waals surface area contributed by atoms with Crippen molar-refractivity contribution in [1.29, 1.82) is 0 Å². The van der Waals surface area contributed by atoms with Crippen molar-refractivity contribution in [2.75, 3.05) is 20.2 Å². The number of carbonyl (C=O) groups is 1. The van der Waals surface area contributed by atoms with E-state index in [0.717, 1.165) is 37.2 Å². The van der Waals surface area contributed by atoms with Gasteiger partial charge in [0.25, 0.3) is 0 Å². The number of ether oxygens (including phenoxy) is 1. The third kappa shape index (κ3) is 3.72. The second kappa shape index (κ2) is 6.60. The van der Waals surface area contributed by atoms with Crippen LogP contribution in [0.3, 0.4) is 0 Å². The molecule has 104 valence electrons. The molecule has 1 fully saturated rings. The van der Waals surface area contributed by atoms with E-state index in [0.29, 0.717) is 12.3 Å². The van der Waals surface area contributed by atoms with Gasteiger partial charge in [0.2, 0.25) is 5.91 Å². The molecule has 1 unspecified atom stereocenters. The number of carbonyl (C=O) groups excluding carboxylic acids is 1. The fourth-order valence-electron chi connectivity index (χ4n) is 2.73. The Morgan fingerprint density at radius 3 is 2.95 bits per heavy atom. The lowest BCUT2D eigenvalue weighted by Gasteiger charge is -2.31. The summed E-state index contributed by atoms with van der Waals surface area (Å²) < 4.78 is 5.32. The lowest BCUT2D eigenvalue weighted by Crippen LogP contribution is -2.39. The average Bonchev–Trinajstić information content (AvgIpc) is 2.45. The van der Waals surface area contributed by atoms with E-state index < -0.39 is 0 Å². The van der Waals surface area contributed by atoms with Crippen LogP contribution in [0.2, 0.25) is 0 Å². The second-order valence-corrected chi connectivity index (χ2v) is 5.40. The molecule has 0 N–H and O–H groups in total. The molecule has 1 aliphatic heterocycles. The molecular formula is C16H23NO2. The minimum Gasteiger partial charge on any atom is -0.496 e. The second-order valence-electron chi connectivity index (χ2n) is 5.40. The Morgan fingerprint density at radius 2 is 2.21 bits per heavy atom. The Balaban J connectivity index is 1.89. The lowest BCUT2D eigenvalue weighted by molar-refractivity contribution is -0.132. The van der Waals surface area contributed by atoms with Crippen molar-refractivity contribution < 1.29 is 9.53 Å². The number of methoxy groups -OCH3 is 1. The topological polar surface area (TPSA) is 29.5 Å². The standard InChI is InChI=1S/C16H23NO2/c1-13-6-5-11-17(12-13)16(18)10-9-14-7-3-4-8-15(14)19-2/h3-4,7-8,13H,5-6,9-12H2,1-2H3. The minimum atomic E-state index is 0.275. The molecule has 2 rings (SSSR count). The first-order chi connectivity index (χ1) is 9.20. The van der Waals surface area contributed by atoms with Crippen molar-refractivity contribution in [3.05, 3.63) is 29.8 Å². The summed E-state index contributed by atoms with van der Waals surface area (Å²) in [6.45, 7) is 4.07. The number of nitrogens with zero attached hydrogens (tertiary/aromatic N) is 1. The van der Waals surface area contributed by atoms with Gasteiger partial charge in [-0.1, -0.05) is 25.1 Å². The number of piperidine rings is 1. The van der Waals surface area contributed by atoms with Gasteiger partial charge in [0.15, 0.2) is 0 Å². The summed E-state index contributed by atoms with van der Waals surface area (Å²) in [6.07, 6.45) is 3.72. The summed E-state index contributed by atoms with van der Waals surface area (Å²) >= 11 is 0. The summed E-state index contributed by atoms with van der Waals surface area (Å²) in [7, 11) is 1.67. The summed E-state index contributed by atoms with van der Waals surface area (Å²) in [4.78, 5) is 14.2. The maximum absolute atomic E-state index is 12.2. The van der Waals surface area contributed by atoms with Gasteiger partial charge < -0.3 is 9.64 Å². The van der Waals surface area contributed by atoms with Gasteiger partial charge in [-0.05, 0) is 36.8 Å². The maximum atomic E-state index is 12.2. The predicted octanol–water partition coefficient (Wildman–Crippen LogP) is 2.89. The Hall–Kier alpha value is -1.51. The highest BCUT2D eigenvalue weighted by Gasteiger charge is 2.20. The molecule has 0 saturated carbocycles. The van der Waals surface area contributed by atoms with E-state index in [-0.39, 0.29) is 5.91 Å². The van der Waals surface area contributed by atoms with Gasteiger partial charge in [0, 0.05) is 19.5 Å². The van der Waals surface area contributed by atoms with Crippen LogP contribution in [0.1, 0.15) is 31.7 Å². The van der Waals surface area contributed by atoms with Gasteiger partial charge in [0.1, 0.15) is 5.75 Å². The van der Waals surface area contributed by atoms with Gasteiger partial charge in [-0.15, -0.1) is 0 Å². The first-order valence-corrected chi connectivity index (χ1v) is 7.10. The fourth-order valence-corrected chi connectivity index (χ4v) is 2.73. The van der Waals surface area contributed by atoms with Gasteiger partial charge >= 0.3 is 0 Å². The highest BCUT2D eigenvalue weighted by atomic mass is 16.5. The summed E-state index contributed by atoms with van der Waals surface area (Å²) in [6, 6.07) is 7.93. The Kier molecular flexibility index (Phi) is 4.83. The highest BCUT2D eigenvalue weighted by molar-refractivity contribution is 5.76. The van der Waals surface area contributed by atoms with E-state index >= 15 is 0 Å². The molecule has 1 heterocycles. The average molecular weight is 261 g/mol. The molecule has 3 heteroatoms. The van der Waals surface area contributed by atoms with Crippen LogP contribution in [0, 0.1) is 5.92 Å². The molecule has 1 atom stereocenters. The zero-order valence-corrected chi connectivity index (χ0v) is 11.9. The van der Waals surface area contributed by atoms with Crippen LogP contribution in [0.25, 0.3) is 0 Å². The zero-order chi connectivity index (χ0) is 13.7. The molecule has 0 aliphatic carbocycles. The molecule has 1 saturated heterocycles. The van der Waals surface area contributed by atoms with Crippen LogP contribution in [-0.4, -0.2) is 31.0 Å². The first-order valence-electron chi connectivity index (χ1n) is 7.10. The van der Waals surface area contributed by atoms with Gasteiger partial charge in [-0.3, -0.25) is 4.79 Å². The van der Waals surface area contributed by atoms with E-state index in [1.165, 1.54) is 6.42 Å². The molecular weight excluding hydrogens is 238 g/mol. The molecule has 1 aliphatic rings. The van der Waals surface area contributed by atoms with Crippen molar-refractivity contribution >= 4 is 5.91 Å². The third-order valence-electron chi connectivity index (χ3n) is 3.81. The van der Waals surface area contributed by atoms with Crippen LogP contribution in [0.4, 0.5) is 0 Å². The molecule has 1 amide bonds. The molecule has 0 radical (unpaired) electrons. The van der Waals surface area contributed by atoms with Crippen LogP contribution in [0.5, 0.6) is 5.75 Å². The van der Waals surface area contributed by atoms with E-state index in [9.17, 15) is 4.79 Å². The molecule has 19 heavy (non-hydrogen) atoms. The molecule has 1 aromatic carbocycles. The normalized spacial score (nSPS) is 19.3. The zero-order valence-electron chi connectivity index (χ0n) is 11.9. The summed E-state index contributed by atoms with van der Waals surface area (Å²) in [5.41, 5.74) is 1.11. The van der Waals surface area contributed by atoms with Crippen molar-refractivity contribution in [3.63, 3.8) is 0 Å². The van der Waals surface area contributed by atoms with Gasteiger partial charge in [-0.2, -0.15) is 0 Å². The van der Waals surface area contributed by atoms with Crippen LogP contribution in [0.15, 0.2) is 24.3 Å². The molecule has 0 spiro atoms. The Morgan fingerprint density at radius 1 is 1.42 bits per heavy atom. The maximum Gasteiger partial charge on any atom is 0.222 e. The number of para-hydroxylation sites is 1. The van der Waals surface area contributed by atoms with Gasteiger partial charge in [-0.25, -0.2) is 0 Å². The van der Waals surface area contributed by atoms with Crippen molar-refractivity contribution in [1.82, 2.24) is 4.90 Å². The number of aryl methyl sites for hydroxylation is 1. The van der Waals surface area contributed by atoms with Crippen LogP contribution in [-0.2, 0) is 11.2 Å². The number of hydrogen-bond donors (Lipinski definition) is 0. The van der Waals surface area contributed by atoms with E-state index in [1.807, 2.05) is 29.2 Å². The number of benzene rings is 1. The first kappa shape index (κ1) is 13.9. The quantitative estimate of drug-likeness (QED) is 0.834. The Labute approximate surface area is 115 Å². The summed E-state index contributed by atoms with van der Waals surface area (Å²) in [5, 5.41) is 0. The predicted molar refractivity (Wildman–Crippen MR) is 76.3 cm³/mol. The van der Waals surface area contributed by atoms with Crippen molar-refractivity contribution in [2.24, 2.45) is 5.92 Å². The molecule has 3 nitrogen and oxygen atoms in total. The highest BCUT2D eigenvalue weighted by Crippen LogP contribution is 2.20. The molecule has 0 bridgehead atoms. The molecule has 1 aromatic rings. The van der Waals surface area contributed by atoms with Gasteiger partial charge in [0.05, 0.1) is 7.11 Å². The largest absolute Gasteiger partial charge is 0.496 e. The summed E-state index contributed by atoms with van der Waals surface area (Å²) in [5.74, 6) is 1.80. The third-order valence-corrected chi connectivity index (χ3v) is 3.81. The van der Waals surface area contributed by atoms with Crippen LogP contribution >= 0.6 is 0 Å². The lowest BCUT2D eigenvalue weighted by atomic mass is 9.99. The molecule has 0 aromatic heterocycles. The smallest absolute Gasteiger partial charge is 0.222 e. The number of likely N-dealkylation sites (tertiary alicyclic amines) is 1. The van der Waals surface area contributed by atoms with E-state index in [2.05, 4.69) is 6.92 Å². The van der Waals surface area contributed by atoms with Crippen molar-refractivity contribution in [2.45, 2.75) is 32.6 Å². The Bertz CT molecular complexity index is 431. The SMILES string of the molecule is COc1ccccc1CCC(=O)N1CCCC(C)C1. The van der Waals surface area contributed by atoms with E-state index in [4.69, 9.17) is 4.74 Å². The van der Waals surface area contributed by atoms with Crippen molar-refractivity contribution in [3.8, 4) is 5.75 Å². The monoisotopic (exact) mass is 261 g/mol. The van der Waals surface area contributed by atoms with Crippen LogP contribution < -0.4 is 4.74 Å². The minimum absolute atomic E-state index is 0.275. The number of rotatable bonds is 4. The van der Waals surface area contributed by atoms with E-state index in [1.54, 1.807) is 7.11 Å².